The Balaban J connectivity index is 1.91. The molecule has 0 bridgehead atoms. The molecule has 1 aliphatic rings. The summed E-state index contributed by atoms with van der Waals surface area (Å²) in [5, 5.41) is 0. The lowest BCUT2D eigenvalue weighted by atomic mass is 10.1. The van der Waals surface area contributed by atoms with Crippen LogP contribution >= 0.6 is 0 Å². The summed E-state index contributed by atoms with van der Waals surface area (Å²) >= 11 is 0. The molecule has 0 saturated carbocycles. The minimum Gasteiger partial charge on any atom is -0.373 e. The third-order valence-electron chi connectivity index (χ3n) is 4.49. The molecule has 2 atom stereocenters. The van der Waals surface area contributed by atoms with Crippen molar-refractivity contribution in [3.63, 3.8) is 0 Å². The number of benzene rings is 1. The van der Waals surface area contributed by atoms with E-state index in [4.69, 9.17) is 4.74 Å². The van der Waals surface area contributed by atoms with Gasteiger partial charge in [0.2, 0.25) is 0 Å². The molecular weight excluding hydrogens is 300 g/mol. The lowest BCUT2D eigenvalue weighted by molar-refractivity contribution is -0.0704. The Morgan fingerprint density at radius 3 is 2.33 bits per heavy atom. The van der Waals surface area contributed by atoms with Crippen LogP contribution in [-0.2, 0) is 11.3 Å². The van der Waals surface area contributed by atoms with Gasteiger partial charge in [-0.25, -0.2) is 0 Å². The molecule has 1 aromatic rings. The second-order valence-corrected chi connectivity index (χ2v) is 7.56. The number of amides is 1. The number of morpholine rings is 1. The van der Waals surface area contributed by atoms with Gasteiger partial charge in [-0.2, -0.15) is 0 Å². The van der Waals surface area contributed by atoms with Crippen LogP contribution < -0.4 is 0 Å². The number of hydrogen-bond donors (Lipinski definition) is 0. The maximum Gasteiger partial charge on any atom is 0.253 e. The Bertz CT molecular complexity index is 517. The first-order chi connectivity index (χ1) is 11.3. The highest BCUT2D eigenvalue weighted by Crippen LogP contribution is 2.15. The zero-order valence-corrected chi connectivity index (χ0v) is 15.8. The molecule has 1 heterocycles. The minimum atomic E-state index is 0.107. The van der Waals surface area contributed by atoms with Gasteiger partial charge in [-0.05, 0) is 43.9 Å². The Labute approximate surface area is 146 Å². The molecule has 0 N–H and O–H groups in total. The Morgan fingerprint density at radius 2 is 1.79 bits per heavy atom. The van der Waals surface area contributed by atoms with Crippen molar-refractivity contribution >= 4 is 5.91 Å². The molecule has 0 aliphatic carbocycles. The molecule has 1 saturated heterocycles. The summed E-state index contributed by atoms with van der Waals surface area (Å²) in [5.41, 5.74) is 2.02. The highest BCUT2D eigenvalue weighted by Gasteiger charge is 2.22. The van der Waals surface area contributed by atoms with Crippen molar-refractivity contribution in [1.82, 2.24) is 9.80 Å². The topological polar surface area (TPSA) is 32.8 Å². The normalized spacial score (nSPS) is 21.9. The van der Waals surface area contributed by atoms with Crippen LogP contribution in [0.5, 0.6) is 0 Å². The average molecular weight is 332 g/mol. The van der Waals surface area contributed by atoms with E-state index >= 15 is 0 Å². The summed E-state index contributed by atoms with van der Waals surface area (Å²) < 4.78 is 5.78. The van der Waals surface area contributed by atoms with E-state index < -0.39 is 0 Å². The van der Waals surface area contributed by atoms with E-state index in [1.807, 2.05) is 24.1 Å². The highest BCUT2D eigenvalue weighted by atomic mass is 16.5. The summed E-state index contributed by atoms with van der Waals surface area (Å²) in [6.07, 6.45) is 1.60. The number of nitrogens with zero attached hydrogens (tertiary/aromatic N) is 2. The van der Waals surface area contributed by atoms with Gasteiger partial charge in [0.1, 0.15) is 0 Å². The fourth-order valence-corrected chi connectivity index (χ4v) is 3.20. The van der Waals surface area contributed by atoms with Crippen LogP contribution in [0.3, 0.4) is 0 Å². The number of carbonyl (C=O) groups excluding carboxylic acids is 1. The van der Waals surface area contributed by atoms with Gasteiger partial charge in [-0.1, -0.05) is 26.0 Å². The zero-order chi connectivity index (χ0) is 17.7. The van der Waals surface area contributed by atoms with Crippen LogP contribution in [0.4, 0.5) is 0 Å². The van der Waals surface area contributed by atoms with Gasteiger partial charge in [-0.3, -0.25) is 9.69 Å². The van der Waals surface area contributed by atoms with Crippen molar-refractivity contribution < 1.29 is 9.53 Å². The quantitative estimate of drug-likeness (QED) is 0.800. The molecule has 1 aromatic carbocycles. The molecule has 1 fully saturated rings. The second-order valence-electron chi connectivity index (χ2n) is 7.56. The predicted octanol–water partition coefficient (Wildman–Crippen LogP) is 3.41. The average Bonchev–Trinajstić information content (AvgIpc) is 2.51. The van der Waals surface area contributed by atoms with Crippen molar-refractivity contribution in [1.29, 1.82) is 0 Å². The maximum absolute atomic E-state index is 12.4. The van der Waals surface area contributed by atoms with Gasteiger partial charge in [-0.15, -0.1) is 0 Å². The fourth-order valence-electron chi connectivity index (χ4n) is 3.20. The third-order valence-corrected chi connectivity index (χ3v) is 4.49. The first kappa shape index (κ1) is 18.9. The molecule has 0 aromatic heterocycles. The monoisotopic (exact) mass is 332 g/mol. The second kappa shape index (κ2) is 8.63. The Kier molecular flexibility index (Phi) is 6.81. The molecule has 24 heavy (non-hydrogen) atoms. The standard InChI is InChI=1S/C20H32N2O2/c1-15(2)10-11-21(5)20(23)19-8-6-18(7-9-19)14-22-12-16(3)24-17(4)13-22/h6-9,15-17H,10-14H2,1-5H3. The van der Waals surface area contributed by atoms with Crippen molar-refractivity contribution in [2.45, 2.75) is 52.9 Å². The molecule has 1 aliphatic heterocycles. The third kappa shape index (κ3) is 5.60. The van der Waals surface area contributed by atoms with Gasteiger partial charge in [0.05, 0.1) is 12.2 Å². The summed E-state index contributed by atoms with van der Waals surface area (Å²) in [7, 11) is 1.88. The molecule has 4 heteroatoms. The summed E-state index contributed by atoms with van der Waals surface area (Å²) in [5.74, 6) is 0.719. The molecule has 0 spiro atoms. The van der Waals surface area contributed by atoms with Crippen molar-refractivity contribution in [3.8, 4) is 0 Å². The molecule has 2 rings (SSSR count). The lowest BCUT2D eigenvalue weighted by Crippen LogP contribution is -2.44. The van der Waals surface area contributed by atoms with Gasteiger partial charge < -0.3 is 9.64 Å². The molecular formula is C20H32N2O2. The van der Waals surface area contributed by atoms with E-state index in [0.717, 1.165) is 38.2 Å². The number of hydrogen-bond acceptors (Lipinski definition) is 3. The van der Waals surface area contributed by atoms with Crippen LogP contribution in [0.25, 0.3) is 0 Å². The van der Waals surface area contributed by atoms with Crippen LogP contribution in [0.1, 0.15) is 50.0 Å². The summed E-state index contributed by atoms with van der Waals surface area (Å²) in [6.45, 7) is 12.2. The van der Waals surface area contributed by atoms with Crippen molar-refractivity contribution in [3.05, 3.63) is 35.4 Å². The largest absolute Gasteiger partial charge is 0.373 e. The molecule has 134 valence electrons. The van der Waals surface area contributed by atoms with Crippen LogP contribution in [0, 0.1) is 5.92 Å². The molecule has 0 radical (unpaired) electrons. The van der Waals surface area contributed by atoms with Gasteiger partial charge in [0.15, 0.2) is 0 Å². The molecule has 2 unspecified atom stereocenters. The maximum atomic E-state index is 12.4. The van der Waals surface area contributed by atoms with Gasteiger partial charge in [0.25, 0.3) is 5.91 Å². The summed E-state index contributed by atoms with van der Waals surface area (Å²) in [6, 6.07) is 8.07. The van der Waals surface area contributed by atoms with E-state index in [1.165, 1.54) is 5.56 Å². The lowest BCUT2D eigenvalue weighted by Gasteiger charge is -2.35. The van der Waals surface area contributed by atoms with Crippen molar-refractivity contribution in [2.24, 2.45) is 5.92 Å². The highest BCUT2D eigenvalue weighted by molar-refractivity contribution is 5.94. The predicted molar refractivity (Wildman–Crippen MR) is 98.1 cm³/mol. The van der Waals surface area contributed by atoms with E-state index in [-0.39, 0.29) is 18.1 Å². The SMILES string of the molecule is CC(C)CCN(C)C(=O)c1ccc(CN2CC(C)OC(C)C2)cc1. The van der Waals surface area contributed by atoms with Crippen LogP contribution in [0.15, 0.2) is 24.3 Å². The molecule has 1 amide bonds. The van der Waals surface area contributed by atoms with E-state index in [0.29, 0.717) is 5.92 Å². The van der Waals surface area contributed by atoms with E-state index in [1.54, 1.807) is 0 Å². The van der Waals surface area contributed by atoms with Crippen LogP contribution in [0.2, 0.25) is 0 Å². The molecule has 4 nitrogen and oxygen atoms in total. The van der Waals surface area contributed by atoms with Crippen LogP contribution in [-0.4, -0.2) is 54.6 Å². The summed E-state index contributed by atoms with van der Waals surface area (Å²) in [4.78, 5) is 16.7. The fraction of sp³-hybridized carbons (Fsp3) is 0.650. The zero-order valence-electron chi connectivity index (χ0n) is 15.8. The number of carbonyl (C=O) groups is 1. The number of rotatable bonds is 6. The van der Waals surface area contributed by atoms with E-state index in [2.05, 4.69) is 44.7 Å². The first-order valence-corrected chi connectivity index (χ1v) is 9.07. The number of ether oxygens (including phenoxy) is 1. The van der Waals surface area contributed by atoms with Gasteiger partial charge in [0, 0.05) is 38.8 Å². The van der Waals surface area contributed by atoms with E-state index in [9.17, 15) is 4.79 Å². The Hall–Kier alpha value is -1.39. The van der Waals surface area contributed by atoms with Gasteiger partial charge >= 0.3 is 0 Å². The minimum absolute atomic E-state index is 0.107. The van der Waals surface area contributed by atoms with Crippen molar-refractivity contribution in [2.75, 3.05) is 26.7 Å². The first-order valence-electron chi connectivity index (χ1n) is 9.07. The Morgan fingerprint density at radius 1 is 1.21 bits per heavy atom. The smallest absolute Gasteiger partial charge is 0.253 e.